The van der Waals surface area contributed by atoms with Crippen LogP contribution in [-0.2, 0) is 7.05 Å². The second-order valence-corrected chi connectivity index (χ2v) is 5.70. The maximum Gasteiger partial charge on any atom is 0.253 e. The van der Waals surface area contributed by atoms with Crippen LogP contribution in [0.4, 0.5) is 0 Å². The average Bonchev–Trinajstić information content (AvgIpc) is 3.01. The van der Waals surface area contributed by atoms with Crippen molar-refractivity contribution in [2.45, 2.75) is 18.8 Å². The number of likely N-dealkylation sites (tertiary alicyclic amines) is 1. The summed E-state index contributed by atoms with van der Waals surface area (Å²) in [4.78, 5) is 14.5. The second-order valence-electron chi connectivity index (χ2n) is 5.70. The summed E-state index contributed by atoms with van der Waals surface area (Å²) in [6.07, 6.45) is 3.97. The monoisotopic (exact) mass is 294 g/mol. The van der Waals surface area contributed by atoms with Crippen molar-refractivity contribution < 1.29 is 4.79 Å². The normalized spacial score (nSPS) is 18.0. The molecule has 2 aromatic rings. The third-order valence-electron chi connectivity index (χ3n) is 4.10. The van der Waals surface area contributed by atoms with Crippen LogP contribution < -0.4 is 0 Å². The number of hydrogen-bond acceptors (Lipinski definition) is 3. The predicted molar refractivity (Wildman–Crippen MR) is 82.2 cm³/mol. The van der Waals surface area contributed by atoms with E-state index in [0.29, 0.717) is 17.7 Å². The Hall–Kier alpha value is -2.61. The maximum absolute atomic E-state index is 12.6. The van der Waals surface area contributed by atoms with E-state index >= 15 is 0 Å². The Kier molecular flexibility index (Phi) is 3.92. The van der Waals surface area contributed by atoms with E-state index in [-0.39, 0.29) is 11.8 Å². The lowest BCUT2D eigenvalue weighted by Crippen LogP contribution is -2.39. The van der Waals surface area contributed by atoms with Gasteiger partial charge in [0.2, 0.25) is 0 Å². The van der Waals surface area contributed by atoms with Crippen LogP contribution in [0.1, 0.15) is 40.4 Å². The van der Waals surface area contributed by atoms with Gasteiger partial charge in [-0.2, -0.15) is 10.4 Å². The summed E-state index contributed by atoms with van der Waals surface area (Å²) >= 11 is 0. The summed E-state index contributed by atoms with van der Waals surface area (Å²) in [5, 5.41) is 13.4. The van der Waals surface area contributed by atoms with Crippen LogP contribution in [0.3, 0.4) is 0 Å². The van der Waals surface area contributed by atoms with Crippen molar-refractivity contribution in [1.82, 2.24) is 14.7 Å². The molecular weight excluding hydrogens is 276 g/mol. The molecule has 5 heteroatoms. The topological polar surface area (TPSA) is 61.9 Å². The molecule has 5 nitrogen and oxygen atoms in total. The van der Waals surface area contributed by atoms with Crippen LogP contribution in [-0.4, -0.2) is 33.7 Å². The molecule has 0 unspecified atom stereocenters. The maximum atomic E-state index is 12.6. The fourth-order valence-electron chi connectivity index (χ4n) is 2.96. The molecule has 0 bridgehead atoms. The van der Waals surface area contributed by atoms with Gasteiger partial charge in [-0.3, -0.25) is 9.48 Å². The Morgan fingerprint density at radius 2 is 2.27 bits per heavy atom. The van der Waals surface area contributed by atoms with E-state index in [1.54, 1.807) is 28.9 Å². The van der Waals surface area contributed by atoms with Crippen molar-refractivity contribution in [3.05, 3.63) is 53.3 Å². The van der Waals surface area contributed by atoms with E-state index in [9.17, 15) is 4.79 Å². The summed E-state index contributed by atoms with van der Waals surface area (Å²) in [6, 6.07) is 11.0. The molecule has 1 saturated heterocycles. The van der Waals surface area contributed by atoms with Gasteiger partial charge in [0, 0.05) is 37.8 Å². The average molecular weight is 294 g/mol. The number of hydrogen-bond donors (Lipinski definition) is 0. The van der Waals surface area contributed by atoms with Gasteiger partial charge in [0.05, 0.1) is 17.3 Å². The highest BCUT2D eigenvalue weighted by atomic mass is 16.2. The first-order valence-corrected chi connectivity index (χ1v) is 7.46. The van der Waals surface area contributed by atoms with E-state index in [4.69, 9.17) is 5.26 Å². The van der Waals surface area contributed by atoms with Crippen LogP contribution >= 0.6 is 0 Å². The lowest BCUT2D eigenvalue weighted by molar-refractivity contribution is 0.0705. The molecule has 1 amide bonds. The van der Waals surface area contributed by atoms with Gasteiger partial charge in [-0.05, 0) is 37.1 Å². The molecular formula is C17H18N4O. The summed E-state index contributed by atoms with van der Waals surface area (Å²) in [5.41, 5.74) is 2.15. The summed E-state index contributed by atoms with van der Waals surface area (Å²) in [6.45, 7) is 1.45. The molecule has 112 valence electrons. The number of rotatable bonds is 2. The number of amides is 1. The number of benzene rings is 1. The van der Waals surface area contributed by atoms with Crippen LogP contribution in [0, 0.1) is 11.3 Å². The highest BCUT2D eigenvalue weighted by Gasteiger charge is 2.26. The summed E-state index contributed by atoms with van der Waals surface area (Å²) in [5.74, 6) is 0.288. The molecule has 1 aromatic carbocycles. The Morgan fingerprint density at radius 1 is 1.41 bits per heavy atom. The van der Waals surface area contributed by atoms with E-state index in [1.165, 1.54) is 0 Å². The number of nitriles is 1. The number of aromatic nitrogens is 2. The van der Waals surface area contributed by atoms with Gasteiger partial charge < -0.3 is 4.90 Å². The van der Waals surface area contributed by atoms with E-state index in [0.717, 1.165) is 25.1 Å². The zero-order valence-electron chi connectivity index (χ0n) is 12.6. The first kappa shape index (κ1) is 14.3. The smallest absolute Gasteiger partial charge is 0.253 e. The third-order valence-corrected chi connectivity index (χ3v) is 4.10. The highest BCUT2D eigenvalue weighted by Crippen LogP contribution is 2.26. The minimum Gasteiger partial charge on any atom is -0.338 e. The first-order chi connectivity index (χ1) is 10.7. The van der Waals surface area contributed by atoms with E-state index in [1.807, 2.05) is 24.2 Å². The predicted octanol–water partition coefficient (Wildman–Crippen LogP) is 2.31. The number of carbonyl (C=O) groups is 1. The summed E-state index contributed by atoms with van der Waals surface area (Å²) in [7, 11) is 1.91. The van der Waals surface area contributed by atoms with Gasteiger partial charge in [0.1, 0.15) is 0 Å². The molecule has 1 aliphatic heterocycles. The lowest BCUT2D eigenvalue weighted by atomic mass is 9.94. The van der Waals surface area contributed by atoms with Crippen molar-refractivity contribution in [2.24, 2.45) is 7.05 Å². The standard InChI is InChI=1S/C17H18N4O/c1-20-9-7-16(19-20)15-6-3-8-21(12-15)17(22)14-5-2-4-13(10-14)11-18/h2,4-5,7,9-10,15H,3,6,8,12H2,1H3/t15-/m0/s1. The molecule has 22 heavy (non-hydrogen) atoms. The molecule has 0 spiro atoms. The van der Waals surface area contributed by atoms with Gasteiger partial charge >= 0.3 is 0 Å². The molecule has 2 heterocycles. The van der Waals surface area contributed by atoms with Crippen molar-refractivity contribution in [3.8, 4) is 6.07 Å². The fraction of sp³-hybridized carbons (Fsp3) is 0.353. The van der Waals surface area contributed by atoms with Gasteiger partial charge in [0.15, 0.2) is 0 Å². The van der Waals surface area contributed by atoms with Gasteiger partial charge in [0.25, 0.3) is 5.91 Å². The number of carbonyl (C=O) groups excluding carboxylic acids is 1. The van der Waals surface area contributed by atoms with Crippen LogP contribution in [0.2, 0.25) is 0 Å². The Morgan fingerprint density at radius 3 is 3.00 bits per heavy atom. The minimum atomic E-state index is -0.00210. The largest absolute Gasteiger partial charge is 0.338 e. The molecule has 1 atom stereocenters. The summed E-state index contributed by atoms with van der Waals surface area (Å²) < 4.78 is 1.80. The molecule has 3 rings (SSSR count). The molecule has 0 N–H and O–H groups in total. The highest BCUT2D eigenvalue weighted by molar-refractivity contribution is 5.94. The Bertz CT molecular complexity index is 728. The van der Waals surface area contributed by atoms with Crippen molar-refractivity contribution in [1.29, 1.82) is 5.26 Å². The Balaban J connectivity index is 1.76. The van der Waals surface area contributed by atoms with Crippen LogP contribution in [0.25, 0.3) is 0 Å². The van der Waals surface area contributed by atoms with E-state index in [2.05, 4.69) is 11.2 Å². The quantitative estimate of drug-likeness (QED) is 0.854. The third kappa shape index (κ3) is 2.86. The lowest BCUT2D eigenvalue weighted by Gasteiger charge is -2.32. The van der Waals surface area contributed by atoms with Gasteiger partial charge in [-0.1, -0.05) is 6.07 Å². The molecule has 0 aliphatic carbocycles. The molecule has 0 saturated carbocycles. The van der Waals surface area contributed by atoms with Crippen LogP contribution in [0.15, 0.2) is 36.5 Å². The van der Waals surface area contributed by atoms with Crippen LogP contribution in [0.5, 0.6) is 0 Å². The van der Waals surface area contributed by atoms with Crippen molar-refractivity contribution >= 4 is 5.91 Å². The zero-order chi connectivity index (χ0) is 15.5. The van der Waals surface area contributed by atoms with Gasteiger partial charge in [-0.25, -0.2) is 0 Å². The second kappa shape index (κ2) is 6.02. The molecule has 1 aliphatic rings. The molecule has 1 aromatic heterocycles. The van der Waals surface area contributed by atoms with Crippen molar-refractivity contribution in [2.75, 3.05) is 13.1 Å². The zero-order valence-corrected chi connectivity index (χ0v) is 12.6. The molecule has 1 fully saturated rings. The first-order valence-electron chi connectivity index (χ1n) is 7.46. The number of aryl methyl sites for hydroxylation is 1. The number of piperidine rings is 1. The molecule has 0 radical (unpaired) electrons. The number of nitrogens with zero attached hydrogens (tertiary/aromatic N) is 4. The van der Waals surface area contributed by atoms with Crippen molar-refractivity contribution in [3.63, 3.8) is 0 Å². The van der Waals surface area contributed by atoms with E-state index < -0.39 is 0 Å². The Labute approximate surface area is 129 Å². The SMILES string of the molecule is Cn1ccc([C@H]2CCCN(C(=O)c3cccc(C#N)c3)C2)n1. The fourth-order valence-corrected chi connectivity index (χ4v) is 2.96. The van der Waals surface area contributed by atoms with Gasteiger partial charge in [-0.15, -0.1) is 0 Å². The minimum absolute atomic E-state index is 0.00210.